The molecule has 5 aliphatic rings. The maximum absolute atomic E-state index is 12.4. The summed E-state index contributed by atoms with van der Waals surface area (Å²) in [4.78, 5) is 12.4. The van der Waals surface area contributed by atoms with E-state index < -0.39 is 0 Å². The number of rotatable bonds is 1. The largest absolute Gasteiger partial charge is 0.393 e. The zero-order chi connectivity index (χ0) is 17.8. The van der Waals surface area contributed by atoms with Crippen molar-refractivity contribution in [3.8, 4) is 0 Å². The van der Waals surface area contributed by atoms with Crippen molar-refractivity contribution in [3.63, 3.8) is 0 Å². The van der Waals surface area contributed by atoms with E-state index in [0.717, 1.165) is 25.2 Å². The molecular formula is C22H34O3. The molecule has 1 spiro atoms. The fraction of sp³-hybridized carbons (Fsp3) is 0.955. The zero-order valence-electron chi connectivity index (χ0n) is 16.3. The van der Waals surface area contributed by atoms with Gasteiger partial charge in [0.05, 0.1) is 12.2 Å². The summed E-state index contributed by atoms with van der Waals surface area (Å²) in [6.07, 6.45) is 7.94. The molecule has 10 atom stereocenters. The molecule has 1 saturated heterocycles. The van der Waals surface area contributed by atoms with Gasteiger partial charge in [-0.05, 0) is 74.5 Å². The molecule has 3 nitrogen and oxygen atoms in total. The van der Waals surface area contributed by atoms with Crippen molar-refractivity contribution in [1.82, 2.24) is 0 Å². The highest BCUT2D eigenvalue weighted by molar-refractivity contribution is 5.80. The topological polar surface area (TPSA) is 49.8 Å². The molecule has 0 aromatic carbocycles. The highest BCUT2D eigenvalue weighted by atomic mass is 16.6. The van der Waals surface area contributed by atoms with Crippen molar-refractivity contribution in [2.75, 3.05) is 0 Å². The standard InChI is InChI=1S/C22H34O3/c1-12-9-17-15-10-18-22(25-18)11-14(24)5-8-21(22,4)16(15)6-7-20(17,3)19(12)13(2)23/h12,14-19,24H,5-11H2,1-4H3/t12-,14+,15-,16+,17+,18-,19-,20+,21-,22-/m0/s1. The predicted octanol–water partition coefficient (Wildman–Crippen LogP) is 3.97. The van der Waals surface area contributed by atoms with Gasteiger partial charge in [0.1, 0.15) is 11.4 Å². The van der Waals surface area contributed by atoms with E-state index in [9.17, 15) is 9.90 Å². The second-order valence-corrected chi connectivity index (χ2v) is 10.8. The van der Waals surface area contributed by atoms with E-state index in [1.807, 2.05) is 6.92 Å². The Morgan fingerprint density at radius 2 is 1.88 bits per heavy atom. The smallest absolute Gasteiger partial charge is 0.133 e. The van der Waals surface area contributed by atoms with Gasteiger partial charge in [-0.25, -0.2) is 0 Å². The van der Waals surface area contributed by atoms with Crippen LogP contribution in [0.3, 0.4) is 0 Å². The maximum Gasteiger partial charge on any atom is 0.133 e. The van der Waals surface area contributed by atoms with E-state index in [0.29, 0.717) is 29.6 Å². The molecule has 1 aliphatic heterocycles. The lowest BCUT2D eigenvalue weighted by molar-refractivity contribution is -0.134. The lowest BCUT2D eigenvalue weighted by Crippen LogP contribution is -2.58. The molecule has 1 N–H and O–H groups in total. The Morgan fingerprint density at radius 3 is 2.60 bits per heavy atom. The molecule has 25 heavy (non-hydrogen) atoms. The van der Waals surface area contributed by atoms with Gasteiger partial charge in [-0.1, -0.05) is 20.8 Å². The molecule has 0 unspecified atom stereocenters. The van der Waals surface area contributed by atoms with E-state index >= 15 is 0 Å². The zero-order valence-corrected chi connectivity index (χ0v) is 16.3. The van der Waals surface area contributed by atoms with Crippen molar-refractivity contribution < 1.29 is 14.6 Å². The van der Waals surface area contributed by atoms with Crippen LogP contribution in [0.5, 0.6) is 0 Å². The van der Waals surface area contributed by atoms with Crippen LogP contribution in [0, 0.1) is 40.4 Å². The SMILES string of the molecule is CC(=O)[C@@H]1[C@@H](C)C[C@@H]2[C@H]3C[C@@H]4O[C@@]45C[C@H](O)CC[C@@]5(C)[C@@H]3CC[C@]21C. The summed E-state index contributed by atoms with van der Waals surface area (Å²) in [5.41, 5.74) is 0.411. The van der Waals surface area contributed by atoms with Crippen molar-refractivity contribution in [2.24, 2.45) is 40.4 Å². The predicted molar refractivity (Wildman–Crippen MR) is 95.9 cm³/mol. The van der Waals surface area contributed by atoms with Gasteiger partial charge < -0.3 is 9.84 Å². The fourth-order valence-corrected chi connectivity index (χ4v) is 8.89. The quantitative estimate of drug-likeness (QED) is 0.731. The van der Waals surface area contributed by atoms with Gasteiger partial charge in [-0.15, -0.1) is 0 Å². The summed E-state index contributed by atoms with van der Waals surface area (Å²) < 4.78 is 6.39. The Kier molecular flexibility index (Phi) is 3.28. The second kappa shape index (κ2) is 4.90. The molecular weight excluding hydrogens is 312 g/mol. The third-order valence-corrected chi connectivity index (χ3v) is 9.84. The average Bonchev–Trinajstić information content (AvgIpc) is 3.13. The Morgan fingerprint density at radius 1 is 1.12 bits per heavy atom. The van der Waals surface area contributed by atoms with Gasteiger partial charge >= 0.3 is 0 Å². The highest BCUT2D eigenvalue weighted by Crippen LogP contribution is 2.74. The van der Waals surface area contributed by atoms with Crippen molar-refractivity contribution in [2.45, 2.75) is 90.4 Å². The monoisotopic (exact) mass is 346 g/mol. The van der Waals surface area contributed by atoms with Gasteiger partial charge in [-0.2, -0.15) is 0 Å². The Labute approximate surface area is 151 Å². The molecule has 4 aliphatic carbocycles. The molecule has 0 bridgehead atoms. The third kappa shape index (κ3) is 1.87. The van der Waals surface area contributed by atoms with Gasteiger partial charge in [0, 0.05) is 17.8 Å². The first-order chi connectivity index (χ1) is 11.7. The fourth-order valence-electron chi connectivity index (χ4n) is 8.89. The van der Waals surface area contributed by atoms with Crippen LogP contribution in [0.2, 0.25) is 0 Å². The molecule has 4 saturated carbocycles. The number of Topliss-reactive ketones (excluding diaryl/α,β-unsaturated/α-hetero) is 1. The van der Waals surface area contributed by atoms with Gasteiger partial charge in [-0.3, -0.25) is 4.79 Å². The molecule has 0 radical (unpaired) electrons. The molecule has 5 fully saturated rings. The number of carbonyl (C=O) groups is 1. The highest BCUT2D eigenvalue weighted by Gasteiger charge is 2.76. The summed E-state index contributed by atoms with van der Waals surface area (Å²) in [5, 5.41) is 10.3. The normalized spacial score (nSPS) is 62.4. The minimum Gasteiger partial charge on any atom is -0.393 e. The van der Waals surface area contributed by atoms with Crippen LogP contribution in [0.15, 0.2) is 0 Å². The Bertz CT molecular complexity index is 616. The third-order valence-electron chi connectivity index (χ3n) is 9.84. The van der Waals surface area contributed by atoms with Gasteiger partial charge in [0.15, 0.2) is 0 Å². The molecule has 0 amide bonds. The molecule has 0 aromatic rings. The number of carbonyl (C=O) groups excluding carboxylic acids is 1. The summed E-state index contributed by atoms with van der Waals surface area (Å²) >= 11 is 0. The lowest BCUT2D eigenvalue weighted by atomic mass is 9.44. The first-order valence-corrected chi connectivity index (χ1v) is 10.6. The number of aliphatic hydroxyl groups is 1. The lowest BCUT2D eigenvalue weighted by Gasteiger charge is -2.59. The van der Waals surface area contributed by atoms with E-state index in [1.165, 1.54) is 25.7 Å². The van der Waals surface area contributed by atoms with Crippen LogP contribution < -0.4 is 0 Å². The van der Waals surface area contributed by atoms with E-state index in [4.69, 9.17) is 4.74 Å². The number of epoxide rings is 1. The van der Waals surface area contributed by atoms with Crippen LogP contribution >= 0.6 is 0 Å². The number of ether oxygens (including phenoxy) is 1. The Hall–Kier alpha value is -0.410. The summed E-state index contributed by atoms with van der Waals surface area (Å²) in [6.45, 7) is 9.02. The number of fused-ring (bicyclic) bond motifs is 4. The van der Waals surface area contributed by atoms with E-state index in [-0.39, 0.29) is 28.5 Å². The molecule has 3 heteroatoms. The molecule has 140 valence electrons. The van der Waals surface area contributed by atoms with Crippen molar-refractivity contribution >= 4 is 5.78 Å². The van der Waals surface area contributed by atoms with Crippen LogP contribution in [0.25, 0.3) is 0 Å². The number of ketones is 1. The van der Waals surface area contributed by atoms with Crippen molar-refractivity contribution in [3.05, 3.63) is 0 Å². The van der Waals surface area contributed by atoms with Gasteiger partial charge in [0.2, 0.25) is 0 Å². The van der Waals surface area contributed by atoms with Crippen molar-refractivity contribution in [1.29, 1.82) is 0 Å². The van der Waals surface area contributed by atoms with Crippen LogP contribution in [0.4, 0.5) is 0 Å². The van der Waals surface area contributed by atoms with Crippen LogP contribution in [0.1, 0.15) is 72.6 Å². The summed E-state index contributed by atoms with van der Waals surface area (Å²) in [5.74, 6) is 3.31. The Balaban J connectivity index is 1.51. The second-order valence-electron chi connectivity index (χ2n) is 10.8. The number of aliphatic hydroxyl groups excluding tert-OH is 1. The summed E-state index contributed by atoms with van der Waals surface area (Å²) in [6, 6.07) is 0. The minimum atomic E-state index is -0.169. The number of hydrogen-bond acceptors (Lipinski definition) is 3. The summed E-state index contributed by atoms with van der Waals surface area (Å²) in [7, 11) is 0. The molecule has 1 heterocycles. The maximum atomic E-state index is 12.4. The first kappa shape index (κ1) is 16.7. The van der Waals surface area contributed by atoms with Crippen LogP contribution in [-0.2, 0) is 9.53 Å². The average molecular weight is 347 g/mol. The van der Waals surface area contributed by atoms with Gasteiger partial charge in [0.25, 0.3) is 0 Å². The molecule has 5 rings (SSSR count). The minimum absolute atomic E-state index is 0.0240. The first-order valence-electron chi connectivity index (χ1n) is 10.6. The van der Waals surface area contributed by atoms with E-state index in [1.54, 1.807) is 0 Å². The van der Waals surface area contributed by atoms with E-state index in [2.05, 4.69) is 20.8 Å². The number of hydrogen-bond donors (Lipinski definition) is 1. The van der Waals surface area contributed by atoms with Crippen LogP contribution in [-0.4, -0.2) is 28.7 Å². The molecule has 0 aromatic heterocycles.